The summed E-state index contributed by atoms with van der Waals surface area (Å²) in [6, 6.07) is 18.6. The molecule has 0 radical (unpaired) electrons. The number of benzene rings is 3. The number of aromatic amines is 1. The Balaban J connectivity index is 1.51. The molecule has 4 aromatic rings. The third-order valence-corrected chi connectivity index (χ3v) is 3.90. The molecule has 0 bridgehead atoms. The van der Waals surface area contributed by atoms with Gasteiger partial charge in [0.25, 0.3) is 0 Å². The molecule has 5 heteroatoms. The second kappa shape index (κ2) is 6.36. The summed E-state index contributed by atoms with van der Waals surface area (Å²) in [5.74, 6) is -0.428. The van der Waals surface area contributed by atoms with Gasteiger partial charge in [-0.1, -0.05) is 36.4 Å². The van der Waals surface area contributed by atoms with Crippen molar-refractivity contribution in [2.75, 3.05) is 0 Å². The van der Waals surface area contributed by atoms with Crippen LogP contribution in [0.2, 0.25) is 0 Å². The molecule has 3 nitrogen and oxygen atoms in total. The lowest BCUT2D eigenvalue weighted by Crippen LogP contribution is -1.98. The Morgan fingerprint density at radius 3 is 2.52 bits per heavy atom. The number of H-pyrrole nitrogens is 1. The third-order valence-electron chi connectivity index (χ3n) is 3.90. The van der Waals surface area contributed by atoms with Gasteiger partial charge >= 0.3 is 0 Å². The van der Waals surface area contributed by atoms with Gasteiger partial charge < -0.3 is 9.72 Å². The van der Waals surface area contributed by atoms with Crippen molar-refractivity contribution in [2.45, 2.75) is 6.61 Å². The first-order valence-corrected chi connectivity index (χ1v) is 7.81. The van der Waals surface area contributed by atoms with E-state index in [1.54, 1.807) is 0 Å². The van der Waals surface area contributed by atoms with E-state index in [0.29, 0.717) is 0 Å². The largest absolute Gasteiger partial charge is 0.486 e. The second-order valence-electron chi connectivity index (χ2n) is 5.66. The van der Waals surface area contributed by atoms with Gasteiger partial charge in [-0.2, -0.15) is 0 Å². The normalized spacial score (nSPS) is 11.0. The summed E-state index contributed by atoms with van der Waals surface area (Å²) < 4.78 is 32.1. The molecule has 0 amide bonds. The maximum atomic E-state index is 13.6. The molecular weight excluding hydrogens is 322 g/mol. The van der Waals surface area contributed by atoms with E-state index >= 15 is 0 Å². The smallest absolute Gasteiger partial charge is 0.165 e. The van der Waals surface area contributed by atoms with Gasteiger partial charge in [0.15, 0.2) is 11.6 Å². The van der Waals surface area contributed by atoms with Crippen LogP contribution in [-0.2, 0) is 6.61 Å². The van der Waals surface area contributed by atoms with E-state index in [9.17, 15) is 8.78 Å². The lowest BCUT2D eigenvalue weighted by atomic mass is 10.1. The highest BCUT2D eigenvalue weighted by molar-refractivity contribution is 5.79. The van der Waals surface area contributed by atoms with Gasteiger partial charge in [-0.25, -0.2) is 13.8 Å². The summed E-state index contributed by atoms with van der Waals surface area (Å²) in [4.78, 5) is 7.82. The summed E-state index contributed by atoms with van der Waals surface area (Å²) in [6.45, 7) is 0.154. The fourth-order valence-corrected chi connectivity index (χ4v) is 2.60. The van der Waals surface area contributed by atoms with Gasteiger partial charge in [0.2, 0.25) is 0 Å². The maximum Gasteiger partial charge on any atom is 0.165 e. The number of para-hydroxylation sites is 2. The van der Waals surface area contributed by atoms with Crippen LogP contribution < -0.4 is 4.74 Å². The Morgan fingerprint density at radius 2 is 1.72 bits per heavy atom. The highest BCUT2D eigenvalue weighted by Gasteiger charge is 2.07. The van der Waals surface area contributed by atoms with Crippen LogP contribution >= 0.6 is 0 Å². The molecule has 25 heavy (non-hydrogen) atoms. The first-order chi connectivity index (χ1) is 12.2. The van der Waals surface area contributed by atoms with Gasteiger partial charge in [0.1, 0.15) is 18.2 Å². The molecule has 0 saturated carbocycles. The standard InChI is InChI=1S/C20H14F2N2O/c21-15-9-10-16(22)19(11-15)25-12-13-5-7-14(8-6-13)20-23-17-3-1-2-4-18(17)24-20/h1-11H,12H2,(H,23,24). The van der Waals surface area contributed by atoms with E-state index in [0.717, 1.165) is 46.2 Å². The summed E-state index contributed by atoms with van der Waals surface area (Å²) >= 11 is 0. The van der Waals surface area contributed by atoms with Gasteiger partial charge in [-0.15, -0.1) is 0 Å². The molecule has 0 unspecified atom stereocenters. The van der Waals surface area contributed by atoms with E-state index in [1.165, 1.54) is 0 Å². The lowest BCUT2D eigenvalue weighted by Gasteiger charge is -2.08. The maximum absolute atomic E-state index is 13.6. The van der Waals surface area contributed by atoms with Crippen molar-refractivity contribution < 1.29 is 13.5 Å². The number of nitrogens with zero attached hydrogens (tertiary/aromatic N) is 1. The Bertz CT molecular complexity index is 992. The number of rotatable bonds is 4. The zero-order valence-electron chi connectivity index (χ0n) is 13.2. The van der Waals surface area contributed by atoms with E-state index in [-0.39, 0.29) is 12.4 Å². The summed E-state index contributed by atoms with van der Waals surface area (Å²) in [5, 5.41) is 0. The average molecular weight is 336 g/mol. The van der Waals surface area contributed by atoms with Crippen molar-refractivity contribution in [1.29, 1.82) is 0 Å². The van der Waals surface area contributed by atoms with Crippen LogP contribution in [0.5, 0.6) is 5.75 Å². The third kappa shape index (κ3) is 3.21. The number of imidazole rings is 1. The monoisotopic (exact) mass is 336 g/mol. The zero-order chi connectivity index (χ0) is 17.2. The molecule has 3 aromatic carbocycles. The number of aromatic nitrogens is 2. The molecule has 0 aliphatic carbocycles. The number of halogens is 2. The van der Waals surface area contributed by atoms with Gasteiger partial charge in [-0.3, -0.25) is 0 Å². The zero-order valence-corrected chi connectivity index (χ0v) is 13.2. The van der Waals surface area contributed by atoms with Crippen LogP contribution in [0.15, 0.2) is 66.7 Å². The first kappa shape index (κ1) is 15.3. The fourth-order valence-electron chi connectivity index (χ4n) is 2.60. The molecule has 124 valence electrons. The average Bonchev–Trinajstić information content (AvgIpc) is 3.07. The van der Waals surface area contributed by atoms with Crippen LogP contribution in [0, 0.1) is 11.6 Å². The number of nitrogens with one attached hydrogen (secondary N) is 1. The molecule has 0 spiro atoms. The molecule has 1 heterocycles. The predicted octanol–water partition coefficient (Wildman–Crippen LogP) is 5.09. The molecule has 0 atom stereocenters. The molecule has 1 N–H and O–H groups in total. The van der Waals surface area contributed by atoms with Gasteiger partial charge in [-0.05, 0) is 29.8 Å². The number of ether oxygens (including phenoxy) is 1. The van der Waals surface area contributed by atoms with Crippen LogP contribution in [0.25, 0.3) is 22.4 Å². The Labute approximate surface area is 142 Å². The fraction of sp³-hybridized carbons (Fsp3) is 0.0500. The van der Waals surface area contributed by atoms with Crippen LogP contribution in [0.3, 0.4) is 0 Å². The summed E-state index contributed by atoms with van der Waals surface area (Å²) in [5.41, 5.74) is 3.68. The Kier molecular flexibility index (Phi) is 3.90. The molecule has 0 fully saturated rings. The number of fused-ring (bicyclic) bond motifs is 1. The van der Waals surface area contributed by atoms with Gasteiger partial charge in [0, 0.05) is 11.6 Å². The molecule has 4 rings (SSSR count). The summed E-state index contributed by atoms with van der Waals surface area (Å²) in [6.07, 6.45) is 0. The topological polar surface area (TPSA) is 37.9 Å². The van der Waals surface area contributed by atoms with Crippen molar-refractivity contribution in [1.82, 2.24) is 9.97 Å². The van der Waals surface area contributed by atoms with Crippen molar-refractivity contribution in [3.8, 4) is 17.1 Å². The highest BCUT2D eigenvalue weighted by Crippen LogP contribution is 2.22. The summed E-state index contributed by atoms with van der Waals surface area (Å²) in [7, 11) is 0. The Hall–Kier alpha value is -3.21. The van der Waals surface area contributed by atoms with Crippen molar-refractivity contribution in [2.24, 2.45) is 0 Å². The SMILES string of the molecule is Fc1ccc(F)c(OCc2ccc(-c3nc4ccccc4[nH]3)cc2)c1. The number of hydrogen-bond acceptors (Lipinski definition) is 2. The van der Waals surface area contributed by atoms with Gasteiger partial charge in [0.05, 0.1) is 11.0 Å². The first-order valence-electron chi connectivity index (χ1n) is 7.81. The molecule has 0 aliphatic rings. The quantitative estimate of drug-likeness (QED) is 0.564. The van der Waals surface area contributed by atoms with Crippen LogP contribution in [0.4, 0.5) is 8.78 Å². The number of hydrogen-bond donors (Lipinski definition) is 1. The van der Waals surface area contributed by atoms with Crippen LogP contribution in [0.1, 0.15) is 5.56 Å². The van der Waals surface area contributed by atoms with E-state index in [2.05, 4.69) is 9.97 Å². The Morgan fingerprint density at radius 1 is 0.920 bits per heavy atom. The molecule has 1 aromatic heterocycles. The minimum Gasteiger partial charge on any atom is -0.486 e. The van der Waals surface area contributed by atoms with E-state index in [4.69, 9.17) is 4.74 Å². The second-order valence-corrected chi connectivity index (χ2v) is 5.66. The molecular formula is C20H14F2N2O. The van der Waals surface area contributed by atoms with Crippen LogP contribution in [-0.4, -0.2) is 9.97 Å². The van der Waals surface area contributed by atoms with Crippen molar-refractivity contribution in [3.05, 3.63) is 83.9 Å². The minimum atomic E-state index is -0.583. The lowest BCUT2D eigenvalue weighted by molar-refractivity contribution is 0.288. The minimum absolute atomic E-state index is 0.0960. The van der Waals surface area contributed by atoms with E-state index in [1.807, 2.05) is 48.5 Å². The van der Waals surface area contributed by atoms with Crippen molar-refractivity contribution in [3.63, 3.8) is 0 Å². The van der Waals surface area contributed by atoms with E-state index < -0.39 is 11.6 Å². The van der Waals surface area contributed by atoms with Crippen molar-refractivity contribution >= 4 is 11.0 Å². The predicted molar refractivity (Wildman–Crippen MR) is 92.2 cm³/mol. The molecule has 0 aliphatic heterocycles. The highest BCUT2D eigenvalue weighted by atomic mass is 19.1. The molecule has 0 saturated heterocycles.